The van der Waals surface area contributed by atoms with Gasteiger partial charge in [0.1, 0.15) is 5.82 Å². The van der Waals surface area contributed by atoms with Crippen LogP contribution in [0.1, 0.15) is 15.9 Å². The van der Waals surface area contributed by atoms with Gasteiger partial charge in [0.15, 0.2) is 5.78 Å². The summed E-state index contributed by atoms with van der Waals surface area (Å²) >= 11 is 5.34. The molecule has 0 bridgehead atoms. The molecule has 0 unspecified atom stereocenters. The van der Waals surface area contributed by atoms with E-state index in [0.717, 1.165) is 6.07 Å². The van der Waals surface area contributed by atoms with E-state index >= 15 is 0 Å². The number of hydrogen-bond donors (Lipinski definition) is 1. The van der Waals surface area contributed by atoms with Crippen LogP contribution in [0, 0.1) is 5.82 Å². The van der Waals surface area contributed by atoms with Gasteiger partial charge in [0.2, 0.25) is 5.91 Å². The zero-order valence-electron chi connectivity index (χ0n) is 7.64. The summed E-state index contributed by atoms with van der Waals surface area (Å²) in [6.45, 7) is 0. The normalized spacial score (nSPS) is 13.6. The van der Waals surface area contributed by atoms with Crippen molar-refractivity contribution in [2.24, 2.45) is 0 Å². The Morgan fingerprint density at radius 1 is 1.53 bits per heavy atom. The molecular weight excluding hydrogens is 221 g/mol. The number of alkyl halides is 1. The third kappa shape index (κ3) is 1.72. The minimum absolute atomic E-state index is 0.0553. The van der Waals surface area contributed by atoms with Crippen molar-refractivity contribution in [2.45, 2.75) is 6.42 Å². The summed E-state index contributed by atoms with van der Waals surface area (Å²) in [7, 11) is 0. The molecule has 0 radical (unpaired) electrons. The van der Waals surface area contributed by atoms with Crippen LogP contribution in [0.5, 0.6) is 0 Å². The van der Waals surface area contributed by atoms with Crippen molar-refractivity contribution in [3.05, 3.63) is 29.1 Å². The number of benzene rings is 1. The fourth-order valence-corrected chi connectivity index (χ4v) is 1.68. The summed E-state index contributed by atoms with van der Waals surface area (Å²) in [6.07, 6.45) is 0.179. The number of ketones is 1. The third-order valence-electron chi connectivity index (χ3n) is 2.24. The maximum Gasteiger partial charge on any atom is 0.228 e. The molecule has 1 heterocycles. The molecule has 0 aromatic heterocycles. The molecule has 1 aromatic carbocycles. The quantitative estimate of drug-likeness (QED) is 0.618. The number of amides is 1. The van der Waals surface area contributed by atoms with Crippen LogP contribution in [-0.2, 0) is 11.2 Å². The number of anilines is 1. The highest BCUT2D eigenvalue weighted by molar-refractivity contribution is 6.30. The lowest BCUT2D eigenvalue weighted by atomic mass is 10.1. The van der Waals surface area contributed by atoms with Crippen LogP contribution < -0.4 is 5.32 Å². The van der Waals surface area contributed by atoms with Gasteiger partial charge in [0.25, 0.3) is 0 Å². The summed E-state index contributed by atoms with van der Waals surface area (Å²) in [5, 5.41) is 2.50. The molecule has 2 rings (SSSR count). The Balaban J connectivity index is 2.48. The van der Waals surface area contributed by atoms with Crippen LogP contribution in [0.3, 0.4) is 0 Å². The van der Waals surface area contributed by atoms with Gasteiger partial charge in [0, 0.05) is 5.69 Å². The average molecular weight is 228 g/mol. The Morgan fingerprint density at radius 2 is 2.27 bits per heavy atom. The Labute approximate surface area is 90.2 Å². The van der Waals surface area contributed by atoms with Crippen LogP contribution in [0.25, 0.3) is 0 Å². The van der Waals surface area contributed by atoms with Gasteiger partial charge in [0.05, 0.1) is 17.9 Å². The second-order valence-corrected chi connectivity index (χ2v) is 3.54. The van der Waals surface area contributed by atoms with E-state index in [-0.39, 0.29) is 23.8 Å². The zero-order chi connectivity index (χ0) is 11.0. The number of carbonyl (C=O) groups is 2. The molecule has 78 valence electrons. The fraction of sp³-hybridized carbons (Fsp3) is 0.200. The highest BCUT2D eigenvalue weighted by Crippen LogP contribution is 2.26. The summed E-state index contributed by atoms with van der Waals surface area (Å²) in [4.78, 5) is 22.3. The van der Waals surface area contributed by atoms with Gasteiger partial charge < -0.3 is 5.32 Å². The molecule has 0 spiro atoms. The van der Waals surface area contributed by atoms with Gasteiger partial charge in [-0.1, -0.05) is 0 Å². The average Bonchev–Trinajstić information content (AvgIpc) is 2.55. The first-order chi connectivity index (χ1) is 7.11. The van der Waals surface area contributed by atoms with Crippen LogP contribution in [-0.4, -0.2) is 17.6 Å². The van der Waals surface area contributed by atoms with E-state index in [1.54, 1.807) is 0 Å². The molecule has 0 saturated carbocycles. The Morgan fingerprint density at radius 3 is 2.93 bits per heavy atom. The lowest BCUT2D eigenvalue weighted by molar-refractivity contribution is -0.115. The maximum atomic E-state index is 13.4. The maximum absolute atomic E-state index is 13.4. The standard InChI is InChI=1S/C10H7ClFNO2/c11-4-9(14)6-1-5-2-10(15)13-8(5)3-7(6)12/h1,3H,2,4H2,(H,13,15). The summed E-state index contributed by atoms with van der Waals surface area (Å²) in [5.41, 5.74) is 1.01. The minimum atomic E-state index is -0.651. The zero-order valence-corrected chi connectivity index (χ0v) is 8.40. The van der Waals surface area contributed by atoms with Crippen molar-refractivity contribution in [3.63, 3.8) is 0 Å². The topological polar surface area (TPSA) is 46.2 Å². The third-order valence-corrected chi connectivity index (χ3v) is 2.48. The highest BCUT2D eigenvalue weighted by atomic mass is 35.5. The van der Waals surface area contributed by atoms with E-state index in [0.29, 0.717) is 11.3 Å². The molecule has 0 saturated heterocycles. The molecule has 5 heteroatoms. The largest absolute Gasteiger partial charge is 0.325 e. The first-order valence-corrected chi connectivity index (χ1v) is 4.86. The molecular formula is C10H7ClFNO2. The lowest BCUT2D eigenvalue weighted by Gasteiger charge is -2.03. The number of halogens is 2. The van der Waals surface area contributed by atoms with E-state index in [4.69, 9.17) is 11.6 Å². The van der Waals surface area contributed by atoms with E-state index < -0.39 is 11.6 Å². The summed E-state index contributed by atoms with van der Waals surface area (Å²) in [5.74, 6) is -1.59. The van der Waals surface area contributed by atoms with Gasteiger partial charge in [-0.2, -0.15) is 0 Å². The summed E-state index contributed by atoms with van der Waals surface area (Å²) < 4.78 is 13.4. The van der Waals surface area contributed by atoms with E-state index in [1.807, 2.05) is 0 Å². The van der Waals surface area contributed by atoms with Gasteiger partial charge in [-0.05, 0) is 17.7 Å². The van der Waals surface area contributed by atoms with Gasteiger partial charge >= 0.3 is 0 Å². The van der Waals surface area contributed by atoms with Gasteiger partial charge in [-0.3, -0.25) is 9.59 Å². The molecule has 0 atom stereocenters. The fourth-order valence-electron chi connectivity index (χ4n) is 1.53. The second kappa shape index (κ2) is 3.62. The molecule has 1 aliphatic heterocycles. The Kier molecular flexibility index (Phi) is 2.44. The van der Waals surface area contributed by atoms with Crippen LogP contribution in [0.4, 0.5) is 10.1 Å². The van der Waals surface area contributed by atoms with Crippen molar-refractivity contribution in [2.75, 3.05) is 11.2 Å². The molecule has 1 aliphatic rings. The SMILES string of the molecule is O=C1Cc2cc(C(=O)CCl)c(F)cc2N1. The monoisotopic (exact) mass is 227 g/mol. The predicted molar refractivity (Wildman–Crippen MR) is 53.8 cm³/mol. The van der Waals surface area contributed by atoms with E-state index in [1.165, 1.54) is 6.07 Å². The number of hydrogen-bond acceptors (Lipinski definition) is 2. The number of carbonyl (C=O) groups excluding carboxylic acids is 2. The van der Waals surface area contributed by atoms with Crippen molar-refractivity contribution in [3.8, 4) is 0 Å². The number of Topliss-reactive ketones (excluding diaryl/α,β-unsaturated/α-hetero) is 1. The Bertz CT molecular complexity index is 459. The van der Waals surface area contributed by atoms with Crippen LogP contribution in [0.2, 0.25) is 0 Å². The molecule has 1 amide bonds. The predicted octanol–water partition coefficient (Wildman–Crippen LogP) is 1.74. The van der Waals surface area contributed by atoms with Crippen molar-refractivity contribution in [1.29, 1.82) is 0 Å². The molecule has 0 aliphatic carbocycles. The lowest BCUT2D eigenvalue weighted by Crippen LogP contribution is -2.04. The Hall–Kier alpha value is -1.42. The van der Waals surface area contributed by atoms with Gasteiger partial charge in [-0.25, -0.2) is 4.39 Å². The summed E-state index contributed by atoms with van der Waals surface area (Å²) in [6, 6.07) is 2.54. The number of fused-ring (bicyclic) bond motifs is 1. The molecule has 0 fully saturated rings. The number of nitrogens with one attached hydrogen (secondary N) is 1. The van der Waals surface area contributed by atoms with Gasteiger partial charge in [-0.15, -0.1) is 11.6 Å². The van der Waals surface area contributed by atoms with Crippen molar-refractivity contribution in [1.82, 2.24) is 0 Å². The smallest absolute Gasteiger partial charge is 0.228 e. The molecule has 1 aromatic rings. The second-order valence-electron chi connectivity index (χ2n) is 3.27. The highest BCUT2D eigenvalue weighted by Gasteiger charge is 2.22. The molecule has 15 heavy (non-hydrogen) atoms. The molecule has 3 nitrogen and oxygen atoms in total. The van der Waals surface area contributed by atoms with Crippen LogP contribution >= 0.6 is 11.6 Å². The van der Waals surface area contributed by atoms with E-state index in [2.05, 4.69) is 5.32 Å². The van der Waals surface area contributed by atoms with Crippen LogP contribution in [0.15, 0.2) is 12.1 Å². The van der Waals surface area contributed by atoms with Crippen molar-refractivity contribution < 1.29 is 14.0 Å². The van der Waals surface area contributed by atoms with E-state index in [9.17, 15) is 14.0 Å². The number of rotatable bonds is 2. The van der Waals surface area contributed by atoms with Crippen molar-refractivity contribution >= 4 is 29.0 Å². The first-order valence-electron chi connectivity index (χ1n) is 4.33. The first kappa shape index (κ1) is 10.1. The molecule has 1 N–H and O–H groups in total. The minimum Gasteiger partial charge on any atom is -0.325 e.